The lowest BCUT2D eigenvalue weighted by Gasteiger charge is -2.36. The molecule has 1 amide bonds. The van der Waals surface area contributed by atoms with Crippen LogP contribution in [0.2, 0.25) is 5.02 Å². The van der Waals surface area contributed by atoms with Crippen molar-refractivity contribution in [3.8, 4) is 0 Å². The number of fused-ring (bicyclic) bond motifs is 1. The average molecular weight is 425 g/mol. The molecule has 1 fully saturated rings. The number of carbonyl (C=O) groups is 1. The minimum atomic E-state index is -0.209. The summed E-state index contributed by atoms with van der Waals surface area (Å²) in [4.78, 5) is 34.3. The summed E-state index contributed by atoms with van der Waals surface area (Å²) in [5, 5.41) is 0.711. The molecule has 0 aliphatic carbocycles. The Morgan fingerprint density at radius 3 is 2.30 bits per heavy atom. The van der Waals surface area contributed by atoms with Crippen LogP contribution in [0.1, 0.15) is 16.8 Å². The molecule has 2 aromatic carbocycles. The maximum absolute atomic E-state index is 13.0. The zero-order valence-electron chi connectivity index (χ0n) is 17.5. The van der Waals surface area contributed by atoms with Crippen LogP contribution >= 0.6 is 11.6 Å². The first-order chi connectivity index (χ1) is 14.3. The zero-order valence-corrected chi connectivity index (χ0v) is 18.2. The Morgan fingerprint density at radius 1 is 1.00 bits per heavy atom. The number of piperazine rings is 1. The molecule has 1 saturated heterocycles. The molecule has 2 heterocycles. The highest BCUT2D eigenvalue weighted by molar-refractivity contribution is 6.30. The fraction of sp³-hybridized carbons (Fsp3) is 0.348. The van der Waals surface area contributed by atoms with Crippen molar-refractivity contribution in [2.45, 2.75) is 27.3 Å². The van der Waals surface area contributed by atoms with Crippen LogP contribution in [-0.4, -0.2) is 46.5 Å². The lowest BCUT2D eigenvalue weighted by atomic mass is 10.1. The normalized spacial score (nSPS) is 14.4. The number of nitrogens with zero attached hydrogens (tertiary/aromatic N) is 4. The van der Waals surface area contributed by atoms with E-state index in [0.29, 0.717) is 29.3 Å². The summed E-state index contributed by atoms with van der Waals surface area (Å²) in [6, 6.07) is 11.7. The van der Waals surface area contributed by atoms with Gasteiger partial charge in [0.25, 0.3) is 5.56 Å². The van der Waals surface area contributed by atoms with Crippen LogP contribution in [0, 0.1) is 20.8 Å². The molecule has 0 saturated carbocycles. The van der Waals surface area contributed by atoms with Crippen molar-refractivity contribution in [2.75, 3.05) is 31.1 Å². The summed E-state index contributed by atoms with van der Waals surface area (Å²) in [6.07, 6.45) is 0. The van der Waals surface area contributed by atoms with Gasteiger partial charge < -0.3 is 9.80 Å². The Hall–Kier alpha value is -2.86. The van der Waals surface area contributed by atoms with Gasteiger partial charge in [-0.3, -0.25) is 14.2 Å². The summed E-state index contributed by atoms with van der Waals surface area (Å²) in [7, 11) is 0. The van der Waals surface area contributed by atoms with Gasteiger partial charge in [-0.05, 0) is 68.3 Å². The molecule has 0 atom stereocenters. The Morgan fingerprint density at radius 2 is 1.63 bits per heavy atom. The van der Waals surface area contributed by atoms with E-state index in [0.717, 1.165) is 35.4 Å². The van der Waals surface area contributed by atoms with Crippen LogP contribution in [0.3, 0.4) is 0 Å². The number of hydrogen-bond donors (Lipinski definition) is 0. The minimum Gasteiger partial charge on any atom is -0.368 e. The zero-order chi connectivity index (χ0) is 21.4. The molecule has 30 heavy (non-hydrogen) atoms. The van der Waals surface area contributed by atoms with Gasteiger partial charge in [-0.2, -0.15) is 0 Å². The summed E-state index contributed by atoms with van der Waals surface area (Å²) in [6.45, 7) is 8.48. The Balaban J connectivity index is 1.53. The van der Waals surface area contributed by atoms with Crippen molar-refractivity contribution in [1.29, 1.82) is 0 Å². The van der Waals surface area contributed by atoms with Crippen LogP contribution in [-0.2, 0) is 11.3 Å². The fourth-order valence-corrected chi connectivity index (χ4v) is 4.01. The molecule has 1 aliphatic rings. The van der Waals surface area contributed by atoms with Gasteiger partial charge in [0.05, 0.1) is 11.0 Å². The van der Waals surface area contributed by atoms with Gasteiger partial charge in [0.1, 0.15) is 12.2 Å². The van der Waals surface area contributed by atoms with Crippen LogP contribution in [0.25, 0.3) is 11.0 Å². The van der Waals surface area contributed by atoms with E-state index < -0.39 is 0 Å². The maximum Gasteiger partial charge on any atom is 0.272 e. The summed E-state index contributed by atoms with van der Waals surface area (Å²) in [5.74, 6) is -0.0435. The Kier molecular flexibility index (Phi) is 5.52. The first-order valence-electron chi connectivity index (χ1n) is 10.1. The van der Waals surface area contributed by atoms with E-state index in [-0.39, 0.29) is 18.0 Å². The number of anilines is 1. The Bertz CT molecular complexity index is 1160. The summed E-state index contributed by atoms with van der Waals surface area (Å²) < 4.78 is 1.57. The molecule has 3 aromatic rings. The predicted octanol–water partition coefficient (Wildman–Crippen LogP) is 3.32. The highest BCUT2D eigenvalue weighted by Gasteiger charge is 2.23. The largest absolute Gasteiger partial charge is 0.368 e. The standard InChI is InChI=1S/C23H25ClN4O2/c1-15-12-20-21(13-16(15)2)28(23(30)17(3)25-20)14-22(29)27-10-8-26(9-11-27)19-6-4-18(24)5-7-19/h4-7,12-13H,8-11,14H2,1-3H3. The number of amides is 1. The lowest BCUT2D eigenvalue weighted by Crippen LogP contribution is -2.50. The quantitative estimate of drug-likeness (QED) is 0.647. The summed E-state index contributed by atoms with van der Waals surface area (Å²) in [5.41, 5.74) is 4.95. The SMILES string of the molecule is Cc1cc2nc(C)c(=O)n(CC(=O)N3CCN(c4ccc(Cl)cc4)CC3)c2cc1C. The van der Waals surface area contributed by atoms with Crippen molar-refractivity contribution in [3.05, 3.63) is 68.6 Å². The molecule has 6 nitrogen and oxygen atoms in total. The third-order valence-corrected chi connectivity index (χ3v) is 6.09. The second-order valence-corrected chi connectivity index (χ2v) is 8.29. The molecular weight excluding hydrogens is 400 g/mol. The topological polar surface area (TPSA) is 58.4 Å². The van der Waals surface area contributed by atoms with Crippen molar-refractivity contribution in [1.82, 2.24) is 14.5 Å². The second-order valence-electron chi connectivity index (χ2n) is 7.86. The van der Waals surface area contributed by atoms with Crippen molar-refractivity contribution < 1.29 is 4.79 Å². The van der Waals surface area contributed by atoms with Gasteiger partial charge in [0, 0.05) is 36.9 Å². The van der Waals surface area contributed by atoms with Gasteiger partial charge in [-0.1, -0.05) is 11.6 Å². The van der Waals surface area contributed by atoms with Crippen LogP contribution in [0.5, 0.6) is 0 Å². The number of aromatic nitrogens is 2. The van der Waals surface area contributed by atoms with Gasteiger partial charge in [0.15, 0.2) is 0 Å². The van der Waals surface area contributed by atoms with Crippen LogP contribution in [0.15, 0.2) is 41.2 Å². The molecule has 0 unspecified atom stereocenters. The molecule has 0 bridgehead atoms. The first kappa shape index (κ1) is 20.4. The number of benzene rings is 2. The van der Waals surface area contributed by atoms with E-state index >= 15 is 0 Å². The Labute approximate surface area is 180 Å². The van der Waals surface area contributed by atoms with E-state index in [9.17, 15) is 9.59 Å². The molecule has 0 N–H and O–H groups in total. The molecule has 4 rings (SSSR count). The van der Waals surface area contributed by atoms with Gasteiger partial charge >= 0.3 is 0 Å². The van der Waals surface area contributed by atoms with Crippen molar-refractivity contribution in [2.24, 2.45) is 0 Å². The molecular formula is C23H25ClN4O2. The molecule has 156 valence electrons. The number of carbonyl (C=O) groups excluding carboxylic acids is 1. The van der Waals surface area contributed by atoms with Crippen LogP contribution < -0.4 is 10.5 Å². The monoisotopic (exact) mass is 424 g/mol. The van der Waals surface area contributed by atoms with E-state index in [1.165, 1.54) is 0 Å². The van der Waals surface area contributed by atoms with E-state index in [1.807, 2.05) is 55.1 Å². The van der Waals surface area contributed by atoms with E-state index in [1.54, 1.807) is 11.5 Å². The first-order valence-corrected chi connectivity index (χ1v) is 10.5. The van der Waals surface area contributed by atoms with Gasteiger partial charge in [-0.25, -0.2) is 4.98 Å². The number of halogens is 1. The van der Waals surface area contributed by atoms with E-state index in [2.05, 4.69) is 9.88 Å². The lowest BCUT2D eigenvalue weighted by molar-refractivity contribution is -0.132. The fourth-order valence-electron chi connectivity index (χ4n) is 3.88. The highest BCUT2D eigenvalue weighted by atomic mass is 35.5. The van der Waals surface area contributed by atoms with E-state index in [4.69, 9.17) is 11.6 Å². The third kappa shape index (κ3) is 3.92. The molecule has 0 radical (unpaired) electrons. The third-order valence-electron chi connectivity index (χ3n) is 5.84. The smallest absolute Gasteiger partial charge is 0.272 e. The number of hydrogen-bond acceptors (Lipinski definition) is 4. The molecule has 1 aromatic heterocycles. The predicted molar refractivity (Wildman–Crippen MR) is 120 cm³/mol. The van der Waals surface area contributed by atoms with Crippen LogP contribution in [0.4, 0.5) is 5.69 Å². The summed E-state index contributed by atoms with van der Waals surface area (Å²) >= 11 is 5.97. The number of rotatable bonds is 3. The molecule has 1 aliphatic heterocycles. The maximum atomic E-state index is 13.0. The van der Waals surface area contributed by atoms with Crippen molar-refractivity contribution in [3.63, 3.8) is 0 Å². The van der Waals surface area contributed by atoms with Crippen molar-refractivity contribution >= 4 is 34.2 Å². The van der Waals surface area contributed by atoms with Gasteiger partial charge in [0.2, 0.25) is 5.91 Å². The highest BCUT2D eigenvalue weighted by Crippen LogP contribution is 2.20. The van der Waals surface area contributed by atoms with Gasteiger partial charge in [-0.15, -0.1) is 0 Å². The second kappa shape index (κ2) is 8.11. The number of aryl methyl sites for hydroxylation is 3. The molecule has 7 heteroatoms. The average Bonchev–Trinajstić information content (AvgIpc) is 2.74. The molecule has 0 spiro atoms. The minimum absolute atomic E-state index is 0.0299.